The molecule has 5 nitrogen and oxygen atoms in total. The molecule has 1 aromatic heterocycles. The van der Waals surface area contributed by atoms with E-state index in [2.05, 4.69) is 4.98 Å². The largest absolute Gasteiger partial charge is 0.497 e. The maximum absolute atomic E-state index is 13.5. The van der Waals surface area contributed by atoms with Crippen LogP contribution in [0.25, 0.3) is 10.9 Å². The Balaban J connectivity index is 1.77. The van der Waals surface area contributed by atoms with Crippen LogP contribution in [0.4, 0.5) is 5.69 Å². The van der Waals surface area contributed by atoms with Gasteiger partial charge >= 0.3 is 0 Å². The molecule has 3 aromatic carbocycles. The van der Waals surface area contributed by atoms with Crippen LogP contribution in [-0.4, -0.2) is 18.0 Å². The summed E-state index contributed by atoms with van der Waals surface area (Å²) >= 11 is 0. The minimum absolute atomic E-state index is 0.151. The highest BCUT2D eigenvalue weighted by molar-refractivity contribution is 6.06. The number of methoxy groups -OCH3 is 1. The summed E-state index contributed by atoms with van der Waals surface area (Å²) in [7, 11) is 1.57. The molecule has 1 heterocycles. The highest BCUT2D eigenvalue weighted by Crippen LogP contribution is 2.23. The average molecular weight is 412 g/mol. The van der Waals surface area contributed by atoms with E-state index in [1.165, 1.54) is 0 Å². The first kappa shape index (κ1) is 20.4. The first-order chi connectivity index (χ1) is 14.9. The summed E-state index contributed by atoms with van der Waals surface area (Å²) < 4.78 is 5.28. The second-order valence-corrected chi connectivity index (χ2v) is 7.67. The van der Waals surface area contributed by atoms with E-state index in [1.807, 2.05) is 62.4 Å². The van der Waals surface area contributed by atoms with Crippen molar-refractivity contribution in [1.29, 1.82) is 0 Å². The fraction of sp³-hybridized carbons (Fsp3) is 0.154. The third-order valence-electron chi connectivity index (χ3n) is 5.31. The van der Waals surface area contributed by atoms with Crippen LogP contribution < -0.4 is 15.2 Å². The zero-order valence-corrected chi connectivity index (χ0v) is 17.8. The fourth-order valence-corrected chi connectivity index (χ4v) is 3.56. The first-order valence-electron chi connectivity index (χ1n) is 10.1. The van der Waals surface area contributed by atoms with Crippen molar-refractivity contribution in [3.8, 4) is 5.75 Å². The molecule has 0 fully saturated rings. The molecule has 0 saturated heterocycles. The second-order valence-electron chi connectivity index (χ2n) is 7.67. The molecule has 0 bridgehead atoms. The molecule has 0 aliphatic rings. The Hall–Kier alpha value is -3.86. The zero-order valence-electron chi connectivity index (χ0n) is 17.8. The van der Waals surface area contributed by atoms with Crippen molar-refractivity contribution in [2.24, 2.45) is 0 Å². The van der Waals surface area contributed by atoms with E-state index in [0.29, 0.717) is 16.9 Å². The van der Waals surface area contributed by atoms with Crippen LogP contribution in [0.2, 0.25) is 0 Å². The van der Waals surface area contributed by atoms with E-state index in [-0.39, 0.29) is 18.0 Å². The lowest BCUT2D eigenvalue weighted by molar-refractivity contribution is 0.0984. The summed E-state index contributed by atoms with van der Waals surface area (Å²) in [4.78, 5) is 30.9. The van der Waals surface area contributed by atoms with Crippen LogP contribution >= 0.6 is 0 Å². The van der Waals surface area contributed by atoms with Crippen molar-refractivity contribution in [1.82, 2.24) is 4.98 Å². The van der Waals surface area contributed by atoms with Gasteiger partial charge in [-0.15, -0.1) is 0 Å². The lowest BCUT2D eigenvalue weighted by Crippen LogP contribution is -2.32. The summed E-state index contributed by atoms with van der Waals surface area (Å²) in [5.74, 6) is 0.403. The van der Waals surface area contributed by atoms with Gasteiger partial charge in [0.05, 0.1) is 13.7 Å². The predicted molar refractivity (Wildman–Crippen MR) is 124 cm³/mol. The monoisotopic (exact) mass is 412 g/mol. The number of nitrogens with zero attached hydrogens (tertiary/aromatic N) is 1. The number of aromatic nitrogens is 1. The van der Waals surface area contributed by atoms with E-state index < -0.39 is 0 Å². The van der Waals surface area contributed by atoms with Crippen LogP contribution in [0, 0.1) is 13.8 Å². The number of aryl methyl sites for hydroxylation is 2. The molecule has 4 aromatic rings. The number of aromatic amines is 1. The summed E-state index contributed by atoms with van der Waals surface area (Å²) in [6.45, 7) is 4.13. The number of hydrogen-bond donors (Lipinski definition) is 1. The summed E-state index contributed by atoms with van der Waals surface area (Å²) in [5, 5.41) is 0.929. The van der Waals surface area contributed by atoms with Crippen LogP contribution in [-0.2, 0) is 6.54 Å². The van der Waals surface area contributed by atoms with Gasteiger partial charge in [-0.25, -0.2) is 0 Å². The number of ether oxygens (including phenoxy) is 1. The van der Waals surface area contributed by atoms with E-state index in [0.717, 1.165) is 27.7 Å². The molecule has 4 rings (SSSR count). The van der Waals surface area contributed by atoms with Gasteiger partial charge in [-0.05, 0) is 67.3 Å². The van der Waals surface area contributed by atoms with Gasteiger partial charge in [0.25, 0.3) is 11.5 Å². The molecule has 0 atom stereocenters. The lowest BCUT2D eigenvalue weighted by atomic mass is 10.1. The maximum atomic E-state index is 13.5. The number of amides is 1. The summed E-state index contributed by atoms with van der Waals surface area (Å²) in [5.41, 5.74) is 4.49. The second kappa shape index (κ2) is 8.48. The number of carbonyl (C=O) groups is 1. The smallest absolute Gasteiger partial charge is 0.258 e. The van der Waals surface area contributed by atoms with Gasteiger partial charge in [0.2, 0.25) is 0 Å². The quantitative estimate of drug-likeness (QED) is 0.502. The van der Waals surface area contributed by atoms with Gasteiger partial charge < -0.3 is 14.6 Å². The number of hydrogen-bond acceptors (Lipinski definition) is 3. The number of pyridine rings is 1. The Bertz CT molecular complexity index is 1310. The highest BCUT2D eigenvalue weighted by Gasteiger charge is 2.20. The minimum atomic E-state index is -0.203. The molecule has 0 aliphatic carbocycles. The zero-order chi connectivity index (χ0) is 22.0. The molecule has 0 saturated carbocycles. The molecule has 156 valence electrons. The number of rotatable bonds is 5. The standard InChI is InChI=1S/C26H24N2O3/c1-17-8-11-22(12-9-17)28(26(30)20-5-4-6-23(15-20)31-3)16-21-14-19-10-7-18(2)13-24(19)27-25(21)29/h4-15H,16H2,1-3H3,(H,27,29). The van der Waals surface area contributed by atoms with Gasteiger partial charge in [0.1, 0.15) is 5.75 Å². The summed E-state index contributed by atoms with van der Waals surface area (Å²) in [6.07, 6.45) is 0. The first-order valence-corrected chi connectivity index (χ1v) is 10.1. The molecule has 0 aliphatic heterocycles. The van der Waals surface area contributed by atoms with Crippen molar-refractivity contribution in [3.05, 3.63) is 105 Å². The van der Waals surface area contributed by atoms with Gasteiger partial charge in [-0.2, -0.15) is 0 Å². The van der Waals surface area contributed by atoms with E-state index >= 15 is 0 Å². The van der Waals surface area contributed by atoms with Crippen molar-refractivity contribution >= 4 is 22.5 Å². The van der Waals surface area contributed by atoms with Crippen molar-refractivity contribution in [3.63, 3.8) is 0 Å². The molecular formula is C26H24N2O3. The van der Waals surface area contributed by atoms with Crippen LogP contribution in [0.15, 0.2) is 77.6 Å². The van der Waals surface area contributed by atoms with E-state index in [4.69, 9.17) is 4.74 Å². The molecule has 0 unspecified atom stereocenters. The number of anilines is 1. The molecule has 1 N–H and O–H groups in total. The summed E-state index contributed by atoms with van der Waals surface area (Å²) in [6, 6.07) is 22.5. The third kappa shape index (κ3) is 4.36. The Morgan fingerprint density at radius 2 is 1.68 bits per heavy atom. The van der Waals surface area contributed by atoms with Crippen LogP contribution in [0.5, 0.6) is 5.75 Å². The molecular weight excluding hydrogens is 388 g/mol. The number of nitrogens with one attached hydrogen (secondary N) is 1. The fourth-order valence-electron chi connectivity index (χ4n) is 3.56. The Morgan fingerprint density at radius 1 is 0.935 bits per heavy atom. The Kier molecular flexibility index (Phi) is 5.58. The normalized spacial score (nSPS) is 10.8. The van der Waals surface area contributed by atoms with Crippen LogP contribution in [0.3, 0.4) is 0 Å². The Labute approximate surface area is 180 Å². The topological polar surface area (TPSA) is 62.4 Å². The van der Waals surface area contributed by atoms with E-state index in [9.17, 15) is 9.59 Å². The van der Waals surface area contributed by atoms with Crippen molar-refractivity contribution in [2.45, 2.75) is 20.4 Å². The molecule has 31 heavy (non-hydrogen) atoms. The average Bonchev–Trinajstić information content (AvgIpc) is 2.78. The number of fused-ring (bicyclic) bond motifs is 1. The molecule has 0 spiro atoms. The SMILES string of the molecule is COc1cccc(C(=O)N(Cc2cc3ccc(C)cc3[nH]c2=O)c2ccc(C)cc2)c1. The van der Waals surface area contributed by atoms with Crippen molar-refractivity contribution < 1.29 is 9.53 Å². The molecule has 0 radical (unpaired) electrons. The number of H-pyrrole nitrogens is 1. The highest BCUT2D eigenvalue weighted by atomic mass is 16.5. The molecule has 5 heteroatoms. The van der Waals surface area contributed by atoms with Crippen LogP contribution in [0.1, 0.15) is 27.0 Å². The van der Waals surface area contributed by atoms with Crippen molar-refractivity contribution in [2.75, 3.05) is 12.0 Å². The van der Waals surface area contributed by atoms with Gasteiger partial charge in [0.15, 0.2) is 0 Å². The number of benzene rings is 3. The van der Waals surface area contributed by atoms with Gasteiger partial charge in [-0.1, -0.05) is 35.9 Å². The molecule has 1 amide bonds. The minimum Gasteiger partial charge on any atom is -0.497 e. The lowest BCUT2D eigenvalue weighted by Gasteiger charge is -2.23. The third-order valence-corrected chi connectivity index (χ3v) is 5.31. The maximum Gasteiger partial charge on any atom is 0.258 e. The van der Waals surface area contributed by atoms with Gasteiger partial charge in [-0.3, -0.25) is 9.59 Å². The predicted octanol–water partition coefficient (Wildman–Crippen LogP) is 5.00. The van der Waals surface area contributed by atoms with E-state index in [1.54, 1.807) is 36.3 Å². The number of carbonyl (C=O) groups excluding carboxylic acids is 1. The Morgan fingerprint density at radius 3 is 2.42 bits per heavy atom. The van der Waals surface area contributed by atoms with Gasteiger partial charge in [0, 0.05) is 22.3 Å².